The Balaban J connectivity index is 1.50. The van der Waals surface area contributed by atoms with Gasteiger partial charge in [-0.1, -0.05) is 50.2 Å². The first-order valence-electron chi connectivity index (χ1n) is 12.3. The maximum absolute atomic E-state index is 13.2. The minimum Gasteiger partial charge on any atom is -0.396 e. The average molecular weight is 492 g/mol. The lowest BCUT2D eigenvalue weighted by atomic mass is 9.47. The molecule has 0 radical (unpaired) electrons. The van der Waals surface area contributed by atoms with Crippen molar-refractivity contribution in [2.24, 2.45) is 16.7 Å². The van der Waals surface area contributed by atoms with Crippen molar-refractivity contribution in [3.8, 4) is 10.6 Å². The van der Waals surface area contributed by atoms with Crippen molar-refractivity contribution in [1.82, 2.24) is 15.3 Å². The summed E-state index contributed by atoms with van der Waals surface area (Å²) in [6.07, 6.45) is 5.42. The lowest BCUT2D eigenvalue weighted by Crippen LogP contribution is -2.57. The molecule has 0 spiro atoms. The number of amides is 1. The van der Waals surface area contributed by atoms with Crippen LogP contribution in [0.5, 0.6) is 0 Å². The number of fused-ring (bicyclic) bond motifs is 2. The predicted octanol–water partition coefficient (Wildman–Crippen LogP) is 4.33. The zero-order chi connectivity index (χ0) is 24.6. The van der Waals surface area contributed by atoms with Gasteiger partial charge in [0.15, 0.2) is 0 Å². The number of aromatic nitrogens is 2. The van der Waals surface area contributed by atoms with Crippen molar-refractivity contribution in [2.45, 2.75) is 58.1 Å². The third-order valence-electron chi connectivity index (χ3n) is 8.52. The standard InChI is InChI=1S/C28H33N3O3S/c1-27-11-10-23(33)28(2,17-32)22(27)14-21-25(31-26(35-21)19-8-4-3-5-9-19)20(27)13-24(34)30-16-18-7-6-12-29-15-18/h3-9,12,15,20,22-23,32-33H,10-11,13-14,16-17H2,1-2H3,(H,30,34). The molecule has 7 heteroatoms. The molecule has 3 aromatic rings. The predicted molar refractivity (Wildman–Crippen MR) is 137 cm³/mol. The number of nitrogens with zero attached hydrogens (tertiary/aromatic N) is 2. The molecule has 2 aliphatic carbocycles. The van der Waals surface area contributed by atoms with E-state index in [0.29, 0.717) is 19.4 Å². The Morgan fingerprint density at radius 1 is 1.20 bits per heavy atom. The van der Waals surface area contributed by atoms with E-state index in [1.165, 1.54) is 4.88 Å². The highest BCUT2D eigenvalue weighted by atomic mass is 32.1. The zero-order valence-corrected chi connectivity index (χ0v) is 21.1. The molecule has 1 aromatic carbocycles. The number of carbonyl (C=O) groups excluding carboxylic acids is 1. The van der Waals surface area contributed by atoms with Gasteiger partial charge in [0.2, 0.25) is 5.91 Å². The summed E-state index contributed by atoms with van der Waals surface area (Å²) in [5.74, 6) is -0.0496. The van der Waals surface area contributed by atoms with E-state index in [4.69, 9.17) is 4.98 Å². The molecule has 5 unspecified atom stereocenters. The number of nitrogens with one attached hydrogen (secondary N) is 1. The third-order valence-corrected chi connectivity index (χ3v) is 9.66. The number of pyridine rings is 1. The summed E-state index contributed by atoms with van der Waals surface area (Å²) in [6.45, 7) is 4.60. The van der Waals surface area contributed by atoms with E-state index in [0.717, 1.165) is 34.7 Å². The van der Waals surface area contributed by atoms with Gasteiger partial charge in [0.1, 0.15) is 5.01 Å². The fourth-order valence-corrected chi connectivity index (χ4v) is 7.48. The number of aliphatic hydroxyl groups excluding tert-OH is 2. The summed E-state index contributed by atoms with van der Waals surface area (Å²) in [6, 6.07) is 14.0. The van der Waals surface area contributed by atoms with Crippen LogP contribution in [0.1, 0.15) is 55.2 Å². The molecule has 0 aliphatic heterocycles. The van der Waals surface area contributed by atoms with Crippen LogP contribution in [0.25, 0.3) is 10.6 Å². The minimum absolute atomic E-state index is 0.0160. The van der Waals surface area contributed by atoms with Crippen LogP contribution in [0.3, 0.4) is 0 Å². The molecular formula is C28H33N3O3S. The smallest absolute Gasteiger partial charge is 0.220 e. The lowest BCUT2D eigenvalue weighted by Gasteiger charge is -2.58. The highest BCUT2D eigenvalue weighted by Crippen LogP contribution is 2.62. The summed E-state index contributed by atoms with van der Waals surface area (Å²) < 4.78 is 0. The topological polar surface area (TPSA) is 95.3 Å². The largest absolute Gasteiger partial charge is 0.396 e. The van der Waals surface area contributed by atoms with Crippen molar-refractivity contribution < 1.29 is 15.0 Å². The van der Waals surface area contributed by atoms with Crippen LogP contribution in [-0.2, 0) is 17.8 Å². The van der Waals surface area contributed by atoms with Gasteiger partial charge in [0, 0.05) is 47.1 Å². The summed E-state index contributed by atoms with van der Waals surface area (Å²) in [4.78, 5) is 23.6. The van der Waals surface area contributed by atoms with Crippen molar-refractivity contribution in [3.63, 3.8) is 0 Å². The summed E-state index contributed by atoms with van der Waals surface area (Å²) >= 11 is 1.68. The second kappa shape index (κ2) is 9.45. The molecule has 1 fully saturated rings. The summed E-state index contributed by atoms with van der Waals surface area (Å²) in [5.41, 5.74) is 2.18. The van der Waals surface area contributed by atoms with E-state index in [2.05, 4.69) is 29.4 Å². The van der Waals surface area contributed by atoms with E-state index in [1.54, 1.807) is 23.7 Å². The van der Waals surface area contributed by atoms with Crippen LogP contribution in [0, 0.1) is 16.7 Å². The SMILES string of the molecule is CC1(CO)C(O)CCC2(C)C(CC(=O)NCc3cccnc3)c3nc(-c4ccccc4)sc3CC12. The second-order valence-corrected chi connectivity index (χ2v) is 11.7. The Labute approximate surface area is 210 Å². The van der Waals surface area contributed by atoms with E-state index < -0.39 is 11.5 Å². The number of thiazole rings is 1. The molecule has 35 heavy (non-hydrogen) atoms. The van der Waals surface area contributed by atoms with Crippen molar-refractivity contribution in [2.75, 3.05) is 6.61 Å². The Morgan fingerprint density at radius 2 is 2.00 bits per heavy atom. The molecule has 2 heterocycles. The molecule has 2 aliphatic rings. The van der Waals surface area contributed by atoms with Crippen LogP contribution in [-0.4, -0.2) is 38.8 Å². The lowest BCUT2D eigenvalue weighted by molar-refractivity contribution is -0.144. The molecule has 6 nitrogen and oxygen atoms in total. The first kappa shape index (κ1) is 24.1. The van der Waals surface area contributed by atoms with Gasteiger partial charge in [-0.15, -0.1) is 11.3 Å². The van der Waals surface area contributed by atoms with Gasteiger partial charge in [-0.3, -0.25) is 9.78 Å². The zero-order valence-electron chi connectivity index (χ0n) is 20.3. The van der Waals surface area contributed by atoms with Crippen molar-refractivity contribution >= 4 is 17.2 Å². The second-order valence-electron chi connectivity index (χ2n) is 10.6. The van der Waals surface area contributed by atoms with Gasteiger partial charge in [-0.05, 0) is 42.2 Å². The maximum Gasteiger partial charge on any atom is 0.220 e. The van der Waals surface area contributed by atoms with Crippen molar-refractivity contribution in [1.29, 1.82) is 0 Å². The van der Waals surface area contributed by atoms with Gasteiger partial charge in [-0.2, -0.15) is 0 Å². The molecular weight excluding hydrogens is 458 g/mol. The van der Waals surface area contributed by atoms with Gasteiger partial charge in [0.05, 0.1) is 18.4 Å². The molecule has 5 atom stereocenters. The van der Waals surface area contributed by atoms with E-state index in [1.807, 2.05) is 37.3 Å². The first-order valence-corrected chi connectivity index (χ1v) is 13.2. The fourth-order valence-electron chi connectivity index (χ4n) is 6.31. The number of carbonyl (C=O) groups is 1. The van der Waals surface area contributed by atoms with Gasteiger partial charge < -0.3 is 15.5 Å². The molecule has 2 aromatic heterocycles. The van der Waals surface area contributed by atoms with Gasteiger partial charge >= 0.3 is 0 Å². The number of hydrogen-bond acceptors (Lipinski definition) is 6. The third kappa shape index (κ3) is 4.30. The number of hydrogen-bond donors (Lipinski definition) is 3. The maximum atomic E-state index is 13.2. The highest BCUT2D eigenvalue weighted by Gasteiger charge is 2.59. The minimum atomic E-state index is -0.619. The highest BCUT2D eigenvalue weighted by molar-refractivity contribution is 7.15. The molecule has 5 rings (SSSR count). The number of benzene rings is 1. The quantitative estimate of drug-likeness (QED) is 0.477. The molecule has 1 amide bonds. The molecule has 0 bridgehead atoms. The normalized spacial score (nSPS) is 29.8. The number of aliphatic hydroxyl groups is 2. The number of rotatable bonds is 6. The molecule has 1 saturated carbocycles. The first-order chi connectivity index (χ1) is 16.8. The molecule has 0 saturated heterocycles. The monoisotopic (exact) mass is 491 g/mol. The molecule has 184 valence electrons. The van der Waals surface area contributed by atoms with E-state index >= 15 is 0 Å². The fraction of sp³-hybridized carbons (Fsp3) is 0.464. The van der Waals surface area contributed by atoms with Crippen LogP contribution in [0.15, 0.2) is 54.9 Å². The van der Waals surface area contributed by atoms with Crippen LogP contribution >= 0.6 is 11.3 Å². The van der Waals surface area contributed by atoms with Gasteiger partial charge in [0.25, 0.3) is 0 Å². The Hall–Kier alpha value is -2.61. The van der Waals surface area contributed by atoms with Gasteiger partial charge in [-0.25, -0.2) is 4.98 Å². The summed E-state index contributed by atoms with van der Waals surface area (Å²) in [7, 11) is 0. The molecule has 3 N–H and O–H groups in total. The van der Waals surface area contributed by atoms with E-state index in [9.17, 15) is 15.0 Å². The van der Waals surface area contributed by atoms with Crippen LogP contribution in [0.2, 0.25) is 0 Å². The van der Waals surface area contributed by atoms with Crippen LogP contribution in [0.4, 0.5) is 0 Å². The Morgan fingerprint density at radius 3 is 2.71 bits per heavy atom. The Kier molecular flexibility index (Phi) is 6.51. The van der Waals surface area contributed by atoms with E-state index in [-0.39, 0.29) is 29.8 Å². The van der Waals surface area contributed by atoms with Crippen molar-refractivity contribution in [3.05, 3.63) is 71.0 Å². The average Bonchev–Trinajstić information content (AvgIpc) is 3.31. The Bertz CT molecular complexity index is 1180. The van der Waals surface area contributed by atoms with Crippen LogP contribution < -0.4 is 5.32 Å². The summed E-state index contributed by atoms with van der Waals surface area (Å²) in [5, 5.41) is 25.4.